The molecule has 1 aliphatic heterocycles. The van der Waals surface area contributed by atoms with Crippen LogP contribution < -0.4 is 10.6 Å². The maximum absolute atomic E-state index is 12.1. The zero-order chi connectivity index (χ0) is 17.6. The number of amides is 2. The molecule has 0 radical (unpaired) electrons. The molecule has 0 aliphatic carbocycles. The molecule has 2 aromatic heterocycles. The highest BCUT2D eigenvalue weighted by Crippen LogP contribution is 2.20. The summed E-state index contributed by atoms with van der Waals surface area (Å²) in [5, 5.41) is 5.11. The van der Waals surface area contributed by atoms with Crippen LogP contribution in [0.5, 0.6) is 0 Å². The Labute approximate surface area is 148 Å². The molecule has 1 atom stereocenters. The number of hydrogen-bond donors (Lipinski definition) is 2. The SMILES string of the molecule is O=C(NCc1ccc(C(=O)c2ccco2)s1)C(=O)NCC1CCCO1. The van der Waals surface area contributed by atoms with Gasteiger partial charge in [-0.25, -0.2) is 0 Å². The van der Waals surface area contributed by atoms with Gasteiger partial charge in [-0.05, 0) is 37.1 Å². The number of thiophene rings is 1. The average molecular weight is 362 g/mol. The predicted octanol–water partition coefficient (Wildman–Crippen LogP) is 1.48. The van der Waals surface area contributed by atoms with Crippen molar-refractivity contribution < 1.29 is 23.5 Å². The molecule has 1 unspecified atom stereocenters. The van der Waals surface area contributed by atoms with E-state index in [1.807, 2.05) is 0 Å². The highest BCUT2D eigenvalue weighted by molar-refractivity contribution is 7.14. The van der Waals surface area contributed by atoms with Crippen molar-refractivity contribution in [1.29, 1.82) is 0 Å². The summed E-state index contributed by atoms with van der Waals surface area (Å²) in [7, 11) is 0. The molecule has 7 nitrogen and oxygen atoms in total. The zero-order valence-corrected chi connectivity index (χ0v) is 14.3. The van der Waals surface area contributed by atoms with Gasteiger partial charge in [0.25, 0.3) is 0 Å². The fourth-order valence-corrected chi connectivity index (χ4v) is 3.36. The van der Waals surface area contributed by atoms with Crippen LogP contribution in [0, 0.1) is 0 Å². The second-order valence-electron chi connectivity index (χ2n) is 5.60. The monoisotopic (exact) mass is 362 g/mol. The Kier molecular flexibility index (Phi) is 5.62. The largest absolute Gasteiger partial charge is 0.461 e. The van der Waals surface area contributed by atoms with Crippen molar-refractivity contribution >= 4 is 28.9 Å². The van der Waals surface area contributed by atoms with Gasteiger partial charge in [0.05, 0.1) is 23.8 Å². The summed E-state index contributed by atoms with van der Waals surface area (Å²) in [4.78, 5) is 37.0. The van der Waals surface area contributed by atoms with Crippen LogP contribution in [0.25, 0.3) is 0 Å². The summed E-state index contributed by atoms with van der Waals surface area (Å²) < 4.78 is 10.5. The fourth-order valence-electron chi connectivity index (χ4n) is 2.46. The molecule has 25 heavy (non-hydrogen) atoms. The van der Waals surface area contributed by atoms with E-state index in [1.54, 1.807) is 24.3 Å². The van der Waals surface area contributed by atoms with Crippen LogP contribution in [-0.2, 0) is 20.9 Å². The first-order valence-corrected chi connectivity index (χ1v) is 8.79. The molecular formula is C17H18N2O5S. The predicted molar refractivity (Wildman–Crippen MR) is 90.3 cm³/mol. The molecule has 3 heterocycles. The number of nitrogens with one attached hydrogen (secondary N) is 2. The third-order valence-electron chi connectivity index (χ3n) is 3.77. The van der Waals surface area contributed by atoms with Gasteiger partial charge in [0.2, 0.25) is 5.78 Å². The maximum Gasteiger partial charge on any atom is 0.309 e. The van der Waals surface area contributed by atoms with Gasteiger partial charge in [-0.15, -0.1) is 11.3 Å². The summed E-state index contributed by atoms with van der Waals surface area (Å²) in [6, 6.07) is 6.67. The Bertz CT molecular complexity index is 747. The Morgan fingerprint density at radius 3 is 2.72 bits per heavy atom. The van der Waals surface area contributed by atoms with E-state index in [2.05, 4.69) is 10.6 Å². The maximum atomic E-state index is 12.1. The number of rotatable bonds is 6. The summed E-state index contributed by atoms with van der Waals surface area (Å²) in [6.07, 6.45) is 3.30. The molecule has 1 saturated heterocycles. The van der Waals surface area contributed by atoms with Crippen LogP contribution in [0.2, 0.25) is 0 Å². The minimum Gasteiger partial charge on any atom is -0.461 e. The lowest BCUT2D eigenvalue weighted by Gasteiger charge is -2.10. The highest BCUT2D eigenvalue weighted by atomic mass is 32.1. The molecule has 132 valence electrons. The first-order valence-electron chi connectivity index (χ1n) is 7.98. The van der Waals surface area contributed by atoms with Crippen molar-refractivity contribution in [2.24, 2.45) is 0 Å². The van der Waals surface area contributed by atoms with E-state index in [-0.39, 0.29) is 24.2 Å². The average Bonchev–Trinajstić information content (AvgIpc) is 3.39. The molecule has 0 spiro atoms. The third-order valence-corrected chi connectivity index (χ3v) is 4.86. The van der Waals surface area contributed by atoms with Crippen molar-refractivity contribution in [1.82, 2.24) is 10.6 Å². The summed E-state index contributed by atoms with van der Waals surface area (Å²) in [5.41, 5.74) is 0. The molecule has 1 aliphatic rings. The van der Waals surface area contributed by atoms with Gasteiger partial charge >= 0.3 is 11.8 Å². The molecule has 3 rings (SSSR count). The zero-order valence-electron chi connectivity index (χ0n) is 13.4. The van der Waals surface area contributed by atoms with E-state index >= 15 is 0 Å². The molecule has 1 fully saturated rings. The van der Waals surface area contributed by atoms with Gasteiger partial charge in [0.1, 0.15) is 0 Å². The number of furan rings is 1. The van der Waals surface area contributed by atoms with Gasteiger partial charge in [-0.3, -0.25) is 14.4 Å². The third kappa shape index (κ3) is 4.55. The van der Waals surface area contributed by atoms with Gasteiger partial charge in [-0.1, -0.05) is 0 Å². The molecule has 0 saturated carbocycles. The van der Waals surface area contributed by atoms with Crippen LogP contribution in [-0.4, -0.2) is 36.9 Å². The molecular weight excluding hydrogens is 344 g/mol. The second kappa shape index (κ2) is 8.09. The number of carbonyl (C=O) groups excluding carboxylic acids is 3. The van der Waals surface area contributed by atoms with Crippen LogP contribution in [0.1, 0.15) is 33.2 Å². The van der Waals surface area contributed by atoms with Gasteiger partial charge in [0.15, 0.2) is 5.76 Å². The van der Waals surface area contributed by atoms with Crippen LogP contribution >= 0.6 is 11.3 Å². The lowest BCUT2D eigenvalue weighted by molar-refractivity contribution is -0.139. The topological polar surface area (TPSA) is 97.6 Å². The van der Waals surface area contributed by atoms with Crippen LogP contribution in [0.4, 0.5) is 0 Å². The molecule has 8 heteroatoms. The minimum atomic E-state index is -0.703. The quantitative estimate of drug-likeness (QED) is 0.599. The first-order chi connectivity index (χ1) is 12.1. The van der Waals surface area contributed by atoms with Crippen LogP contribution in [0.3, 0.4) is 0 Å². The van der Waals surface area contributed by atoms with Crippen molar-refractivity contribution in [2.75, 3.05) is 13.2 Å². The van der Waals surface area contributed by atoms with E-state index < -0.39 is 11.8 Å². The molecule has 0 aromatic carbocycles. The van der Waals surface area contributed by atoms with Gasteiger partial charge in [-0.2, -0.15) is 0 Å². The Balaban J connectivity index is 1.45. The Morgan fingerprint density at radius 2 is 2.00 bits per heavy atom. The lowest BCUT2D eigenvalue weighted by atomic mass is 10.2. The van der Waals surface area contributed by atoms with Crippen LogP contribution in [0.15, 0.2) is 34.9 Å². The van der Waals surface area contributed by atoms with Gasteiger partial charge < -0.3 is 19.8 Å². The van der Waals surface area contributed by atoms with E-state index in [1.165, 1.54) is 17.6 Å². The fraction of sp³-hybridized carbons (Fsp3) is 0.353. The highest BCUT2D eigenvalue weighted by Gasteiger charge is 2.19. The number of hydrogen-bond acceptors (Lipinski definition) is 6. The summed E-state index contributed by atoms with van der Waals surface area (Å²) in [5.74, 6) is -1.32. The van der Waals surface area contributed by atoms with Crippen molar-refractivity contribution in [3.8, 4) is 0 Å². The molecule has 2 amide bonds. The first kappa shape index (κ1) is 17.4. The van der Waals surface area contributed by atoms with E-state index in [9.17, 15) is 14.4 Å². The minimum absolute atomic E-state index is 0.00998. The van der Waals surface area contributed by atoms with Crippen molar-refractivity contribution in [2.45, 2.75) is 25.5 Å². The molecule has 2 N–H and O–H groups in total. The second-order valence-corrected chi connectivity index (χ2v) is 6.77. The van der Waals surface area contributed by atoms with Crippen molar-refractivity contribution in [3.05, 3.63) is 46.0 Å². The Hall–Kier alpha value is -2.45. The summed E-state index contributed by atoms with van der Waals surface area (Å²) >= 11 is 1.25. The van der Waals surface area contributed by atoms with E-state index in [0.29, 0.717) is 18.0 Å². The van der Waals surface area contributed by atoms with E-state index in [4.69, 9.17) is 9.15 Å². The van der Waals surface area contributed by atoms with E-state index in [0.717, 1.165) is 17.7 Å². The summed E-state index contributed by atoms with van der Waals surface area (Å²) in [6.45, 7) is 1.22. The van der Waals surface area contributed by atoms with Gasteiger partial charge in [0, 0.05) is 18.0 Å². The Morgan fingerprint density at radius 1 is 1.16 bits per heavy atom. The smallest absolute Gasteiger partial charge is 0.309 e. The number of ketones is 1. The normalized spacial score (nSPS) is 16.6. The number of carbonyl (C=O) groups is 3. The molecule has 2 aromatic rings. The standard InChI is InChI=1S/C17H18N2O5S/c20-15(13-4-2-8-24-13)14-6-5-12(25-14)10-19-17(22)16(21)18-9-11-3-1-7-23-11/h2,4-6,8,11H,1,3,7,9-10H2,(H,18,21)(H,19,22). The lowest BCUT2D eigenvalue weighted by Crippen LogP contribution is -2.42. The van der Waals surface area contributed by atoms with Crippen molar-refractivity contribution in [3.63, 3.8) is 0 Å². The number of ether oxygens (including phenoxy) is 1. The molecule has 0 bridgehead atoms.